The predicted molar refractivity (Wildman–Crippen MR) is 117 cm³/mol. The number of nitrogens with zero attached hydrogens (tertiary/aromatic N) is 2. The van der Waals surface area contributed by atoms with Crippen LogP contribution in [0.3, 0.4) is 0 Å². The summed E-state index contributed by atoms with van der Waals surface area (Å²) in [6, 6.07) is 15.0. The Morgan fingerprint density at radius 2 is 2.00 bits per heavy atom. The first kappa shape index (κ1) is 20.3. The van der Waals surface area contributed by atoms with E-state index in [4.69, 9.17) is 4.74 Å². The van der Waals surface area contributed by atoms with Gasteiger partial charge in [-0.2, -0.15) is 0 Å². The molecule has 5 rings (SSSR count). The van der Waals surface area contributed by atoms with E-state index in [1.807, 2.05) is 18.0 Å². The van der Waals surface area contributed by atoms with E-state index in [-0.39, 0.29) is 23.4 Å². The van der Waals surface area contributed by atoms with Crippen molar-refractivity contribution in [1.82, 2.24) is 9.88 Å². The van der Waals surface area contributed by atoms with E-state index >= 15 is 0 Å². The van der Waals surface area contributed by atoms with Crippen LogP contribution in [0.1, 0.15) is 27.4 Å². The molecule has 0 bridgehead atoms. The standard InChI is InChI=1S/C25H22FN3O3/c1-29-14-19(15-5-7-17(26)8-6-15)22(23(30)16-4-3-11-27-13-16)25(29)20-12-18(32-2)9-10-21(20)28-24(25)31/h3-13,19,22H,14H2,1-2H3,(H,28,31). The molecule has 3 unspecified atom stereocenters. The highest BCUT2D eigenvalue weighted by Crippen LogP contribution is 2.56. The second-order valence-corrected chi connectivity index (χ2v) is 8.25. The lowest BCUT2D eigenvalue weighted by Gasteiger charge is -2.35. The number of Topliss-reactive ketones (excluding diaryl/α,β-unsaturated/α-hetero) is 1. The van der Waals surface area contributed by atoms with Gasteiger partial charge >= 0.3 is 0 Å². The van der Waals surface area contributed by atoms with E-state index < -0.39 is 11.5 Å². The van der Waals surface area contributed by atoms with Gasteiger partial charge in [0, 0.05) is 41.7 Å². The quantitative estimate of drug-likeness (QED) is 0.639. The number of aromatic nitrogens is 1. The number of anilines is 1. The SMILES string of the molecule is COc1ccc2c(c1)C1(C(=O)N2)C(C(=O)c2cccnc2)C(c2ccc(F)cc2)CN1C. The van der Waals surface area contributed by atoms with Gasteiger partial charge in [-0.15, -0.1) is 0 Å². The van der Waals surface area contributed by atoms with E-state index in [0.717, 1.165) is 5.56 Å². The number of pyridine rings is 1. The fourth-order valence-corrected chi connectivity index (χ4v) is 5.24. The van der Waals surface area contributed by atoms with E-state index in [1.54, 1.807) is 49.7 Å². The molecule has 1 saturated heterocycles. The molecule has 3 aromatic rings. The van der Waals surface area contributed by atoms with Crippen LogP contribution in [0.2, 0.25) is 0 Å². The second-order valence-electron chi connectivity index (χ2n) is 8.25. The fraction of sp³-hybridized carbons (Fsp3) is 0.240. The Labute approximate surface area is 185 Å². The van der Waals surface area contributed by atoms with Crippen molar-refractivity contribution in [3.05, 3.63) is 89.5 Å². The number of fused-ring (bicyclic) bond motifs is 2. The first-order valence-corrected chi connectivity index (χ1v) is 10.4. The average molecular weight is 431 g/mol. The number of ether oxygens (including phenoxy) is 1. The maximum atomic E-state index is 14.0. The Morgan fingerprint density at radius 1 is 1.22 bits per heavy atom. The molecule has 6 nitrogen and oxygen atoms in total. The van der Waals surface area contributed by atoms with E-state index in [0.29, 0.717) is 29.1 Å². The summed E-state index contributed by atoms with van der Waals surface area (Å²) in [5.41, 5.74) is 1.38. The first-order chi connectivity index (χ1) is 15.5. The maximum Gasteiger partial charge on any atom is 0.250 e. The molecule has 1 amide bonds. The van der Waals surface area contributed by atoms with Gasteiger partial charge in [0.2, 0.25) is 5.91 Å². The van der Waals surface area contributed by atoms with Crippen LogP contribution in [0.25, 0.3) is 0 Å². The lowest BCUT2D eigenvalue weighted by molar-refractivity contribution is -0.126. The third-order valence-electron chi connectivity index (χ3n) is 6.68. The molecule has 162 valence electrons. The van der Waals surface area contributed by atoms with Crippen molar-refractivity contribution in [2.24, 2.45) is 5.92 Å². The van der Waals surface area contributed by atoms with Gasteiger partial charge < -0.3 is 10.1 Å². The Kier molecular flexibility index (Phi) is 4.78. The van der Waals surface area contributed by atoms with Crippen molar-refractivity contribution >= 4 is 17.4 Å². The summed E-state index contributed by atoms with van der Waals surface area (Å²) >= 11 is 0. The summed E-state index contributed by atoms with van der Waals surface area (Å²) in [7, 11) is 3.41. The molecule has 1 aromatic heterocycles. The number of methoxy groups -OCH3 is 1. The van der Waals surface area contributed by atoms with Gasteiger partial charge in [-0.1, -0.05) is 12.1 Å². The van der Waals surface area contributed by atoms with Crippen LogP contribution in [0.5, 0.6) is 5.75 Å². The number of carbonyl (C=O) groups is 2. The van der Waals surface area contributed by atoms with Gasteiger partial charge in [-0.25, -0.2) is 4.39 Å². The average Bonchev–Trinajstić information content (AvgIpc) is 3.29. The molecule has 2 aliphatic rings. The van der Waals surface area contributed by atoms with Crippen LogP contribution in [0.4, 0.5) is 10.1 Å². The summed E-state index contributed by atoms with van der Waals surface area (Å²) in [6.45, 7) is 0.451. The zero-order valence-corrected chi connectivity index (χ0v) is 17.7. The van der Waals surface area contributed by atoms with Crippen LogP contribution in [0.15, 0.2) is 67.0 Å². The largest absolute Gasteiger partial charge is 0.497 e. The van der Waals surface area contributed by atoms with Gasteiger partial charge in [0.05, 0.1) is 13.0 Å². The molecule has 3 atom stereocenters. The molecular formula is C25H22FN3O3. The molecule has 1 spiro atoms. The summed E-state index contributed by atoms with van der Waals surface area (Å²) in [6.07, 6.45) is 3.13. The minimum atomic E-state index is -1.23. The van der Waals surface area contributed by atoms with Crippen molar-refractivity contribution < 1.29 is 18.7 Å². The normalized spacial score (nSPS) is 24.4. The number of likely N-dealkylation sites (tertiary alicyclic amines) is 1. The van der Waals surface area contributed by atoms with Crippen LogP contribution >= 0.6 is 0 Å². The first-order valence-electron chi connectivity index (χ1n) is 10.4. The molecule has 2 aliphatic heterocycles. The Morgan fingerprint density at radius 3 is 2.69 bits per heavy atom. The summed E-state index contributed by atoms with van der Waals surface area (Å²) in [5.74, 6) is -1.24. The monoisotopic (exact) mass is 431 g/mol. The molecule has 0 aliphatic carbocycles. The van der Waals surface area contributed by atoms with Gasteiger partial charge in [-0.3, -0.25) is 19.5 Å². The van der Waals surface area contributed by atoms with Crippen LogP contribution < -0.4 is 10.1 Å². The van der Waals surface area contributed by atoms with Gasteiger partial charge in [0.25, 0.3) is 0 Å². The fourth-order valence-electron chi connectivity index (χ4n) is 5.24. The maximum absolute atomic E-state index is 14.0. The number of hydrogen-bond donors (Lipinski definition) is 1. The van der Waals surface area contributed by atoms with Crippen LogP contribution in [0, 0.1) is 11.7 Å². The van der Waals surface area contributed by atoms with Crippen molar-refractivity contribution in [2.45, 2.75) is 11.5 Å². The minimum absolute atomic E-state index is 0.178. The number of amides is 1. The number of halogens is 1. The number of ketones is 1. The third kappa shape index (κ3) is 2.85. The Bertz CT molecular complexity index is 1200. The lowest BCUT2D eigenvalue weighted by Crippen LogP contribution is -2.51. The van der Waals surface area contributed by atoms with E-state index in [2.05, 4.69) is 10.3 Å². The van der Waals surface area contributed by atoms with Crippen LogP contribution in [-0.2, 0) is 10.3 Å². The molecule has 2 aromatic carbocycles. The molecule has 32 heavy (non-hydrogen) atoms. The van der Waals surface area contributed by atoms with E-state index in [9.17, 15) is 14.0 Å². The second kappa shape index (κ2) is 7.53. The molecule has 3 heterocycles. The van der Waals surface area contributed by atoms with Crippen molar-refractivity contribution in [2.75, 3.05) is 26.0 Å². The highest BCUT2D eigenvalue weighted by atomic mass is 19.1. The number of hydrogen-bond acceptors (Lipinski definition) is 5. The lowest BCUT2D eigenvalue weighted by atomic mass is 9.70. The highest BCUT2D eigenvalue weighted by Gasteiger charge is 2.64. The zero-order valence-electron chi connectivity index (χ0n) is 17.7. The molecule has 0 radical (unpaired) electrons. The van der Waals surface area contributed by atoms with Crippen LogP contribution in [-0.4, -0.2) is 42.3 Å². The van der Waals surface area contributed by atoms with Gasteiger partial charge in [0.15, 0.2) is 5.78 Å². The number of rotatable bonds is 4. The van der Waals surface area contributed by atoms with E-state index in [1.165, 1.54) is 18.3 Å². The third-order valence-corrected chi connectivity index (χ3v) is 6.68. The predicted octanol–water partition coefficient (Wildman–Crippen LogP) is 3.61. The molecule has 7 heteroatoms. The Balaban J connectivity index is 1.74. The number of likely N-dealkylation sites (N-methyl/N-ethyl adjacent to an activating group) is 1. The summed E-state index contributed by atoms with van der Waals surface area (Å²) in [5, 5.41) is 2.97. The molecule has 0 saturated carbocycles. The van der Waals surface area contributed by atoms with Crippen molar-refractivity contribution in [3.8, 4) is 5.75 Å². The molecule has 1 N–H and O–H groups in total. The highest BCUT2D eigenvalue weighted by molar-refractivity contribution is 6.12. The van der Waals surface area contributed by atoms with Crippen molar-refractivity contribution in [3.63, 3.8) is 0 Å². The Hall–Kier alpha value is -3.58. The number of nitrogens with one attached hydrogen (secondary N) is 1. The molecule has 1 fully saturated rings. The topological polar surface area (TPSA) is 71.5 Å². The zero-order chi connectivity index (χ0) is 22.5. The smallest absolute Gasteiger partial charge is 0.250 e. The van der Waals surface area contributed by atoms with Crippen molar-refractivity contribution in [1.29, 1.82) is 0 Å². The number of carbonyl (C=O) groups excluding carboxylic acids is 2. The van der Waals surface area contributed by atoms with Gasteiger partial charge in [-0.05, 0) is 55.1 Å². The summed E-state index contributed by atoms with van der Waals surface area (Å²) < 4.78 is 19.1. The molecular weight excluding hydrogens is 409 g/mol. The number of benzene rings is 2. The minimum Gasteiger partial charge on any atom is -0.497 e. The van der Waals surface area contributed by atoms with Gasteiger partial charge in [0.1, 0.15) is 17.1 Å². The summed E-state index contributed by atoms with van der Waals surface area (Å²) in [4.78, 5) is 33.6.